The number of nitro groups is 1. The van der Waals surface area contributed by atoms with Gasteiger partial charge in [-0.05, 0) is 29.3 Å². The topological polar surface area (TPSA) is 110 Å². The Balaban J connectivity index is 1.59. The van der Waals surface area contributed by atoms with Gasteiger partial charge in [0.05, 0.1) is 22.0 Å². The molecule has 0 aliphatic rings. The first-order valence-electron chi connectivity index (χ1n) is 10.00. The molecule has 0 aliphatic heterocycles. The monoisotopic (exact) mass is 470 g/mol. The van der Waals surface area contributed by atoms with Crippen LogP contribution in [0, 0.1) is 10.1 Å². The lowest BCUT2D eigenvalue weighted by atomic mass is 9.98. The summed E-state index contributed by atoms with van der Waals surface area (Å²) in [7, 11) is 0. The average Bonchev–Trinajstić information content (AvgIpc) is 3.26. The Labute approximate surface area is 190 Å². The van der Waals surface area contributed by atoms with Crippen LogP contribution >= 0.6 is 0 Å². The largest absolute Gasteiger partial charge is 0.477 e. The minimum atomic E-state index is -4.62. The van der Waals surface area contributed by atoms with Gasteiger partial charge in [-0.25, -0.2) is 4.98 Å². The predicted octanol–water partition coefficient (Wildman–Crippen LogP) is 4.77. The number of amides is 1. The number of hydrogen-bond donors (Lipinski definition) is 2. The van der Waals surface area contributed by atoms with Gasteiger partial charge in [0.2, 0.25) is 5.82 Å². The molecule has 0 radical (unpaired) electrons. The van der Waals surface area contributed by atoms with Crippen molar-refractivity contribution >= 4 is 22.6 Å². The highest BCUT2D eigenvalue weighted by Crippen LogP contribution is 2.31. The molecule has 0 fully saturated rings. The number of alkyl halides is 3. The van der Waals surface area contributed by atoms with E-state index in [-0.39, 0.29) is 22.5 Å². The van der Waals surface area contributed by atoms with Gasteiger partial charge in [0.25, 0.3) is 5.91 Å². The van der Waals surface area contributed by atoms with Crippen LogP contribution in [0.5, 0.6) is 5.75 Å². The standard InChI is InChI=1S/C23H17F3N4O4/c24-23(25,26)22-27-16-11-10-15(12-17(16)28-22)21(14-6-2-1-3-7-14)29-20(31)13-34-19-9-5-4-8-18(19)30(32)33/h1-12,21H,13H2,(H,27,28)(H,29,31). The van der Waals surface area contributed by atoms with Crippen molar-refractivity contribution in [1.82, 2.24) is 15.3 Å². The number of H-pyrrole nitrogens is 1. The van der Waals surface area contributed by atoms with E-state index < -0.39 is 35.5 Å². The molecule has 34 heavy (non-hydrogen) atoms. The first-order valence-corrected chi connectivity index (χ1v) is 10.00. The molecule has 2 N–H and O–H groups in total. The molecule has 1 amide bonds. The second-order valence-electron chi connectivity index (χ2n) is 7.28. The van der Waals surface area contributed by atoms with Gasteiger partial charge in [-0.1, -0.05) is 48.5 Å². The van der Waals surface area contributed by atoms with Crippen molar-refractivity contribution in [3.8, 4) is 5.75 Å². The number of aromatic amines is 1. The third kappa shape index (κ3) is 4.98. The van der Waals surface area contributed by atoms with Crippen LogP contribution < -0.4 is 10.1 Å². The summed E-state index contributed by atoms with van der Waals surface area (Å²) in [5.41, 5.74) is 1.21. The minimum absolute atomic E-state index is 0.0579. The Hall–Kier alpha value is -4.41. The Morgan fingerprint density at radius 3 is 2.47 bits per heavy atom. The zero-order chi connectivity index (χ0) is 24.3. The maximum absolute atomic E-state index is 13.0. The summed E-state index contributed by atoms with van der Waals surface area (Å²) in [5, 5.41) is 13.9. The van der Waals surface area contributed by atoms with E-state index in [1.54, 1.807) is 42.5 Å². The van der Waals surface area contributed by atoms with Gasteiger partial charge in [-0.15, -0.1) is 0 Å². The molecular formula is C23H17F3N4O4. The van der Waals surface area contributed by atoms with Crippen LogP contribution in [0.15, 0.2) is 72.8 Å². The zero-order valence-corrected chi connectivity index (χ0v) is 17.4. The number of aromatic nitrogens is 2. The molecule has 1 atom stereocenters. The van der Waals surface area contributed by atoms with E-state index >= 15 is 0 Å². The fourth-order valence-corrected chi connectivity index (χ4v) is 3.42. The molecule has 1 heterocycles. The van der Waals surface area contributed by atoms with Crippen LogP contribution in [0.1, 0.15) is 23.0 Å². The number of para-hydroxylation sites is 2. The van der Waals surface area contributed by atoms with Crippen LogP contribution in [-0.2, 0) is 11.0 Å². The summed E-state index contributed by atoms with van der Waals surface area (Å²) in [6.45, 7) is -0.501. The smallest absolute Gasteiger partial charge is 0.449 e. The number of nitro benzene ring substituents is 1. The Kier molecular flexibility index (Phi) is 6.17. The fourth-order valence-electron chi connectivity index (χ4n) is 3.42. The average molecular weight is 470 g/mol. The number of hydrogen-bond acceptors (Lipinski definition) is 5. The number of ether oxygens (including phenoxy) is 1. The van der Waals surface area contributed by atoms with Gasteiger partial charge in [0.15, 0.2) is 12.4 Å². The summed E-state index contributed by atoms with van der Waals surface area (Å²) in [6.07, 6.45) is -4.62. The van der Waals surface area contributed by atoms with E-state index in [4.69, 9.17) is 4.74 Å². The van der Waals surface area contributed by atoms with E-state index in [9.17, 15) is 28.1 Å². The predicted molar refractivity (Wildman–Crippen MR) is 116 cm³/mol. The first kappa shape index (κ1) is 22.8. The molecule has 0 spiro atoms. The summed E-state index contributed by atoms with van der Waals surface area (Å²) >= 11 is 0. The van der Waals surface area contributed by atoms with E-state index in [2.05, 4.69) is 15.3 Å². The van der Waals surface area contributed by atoms with Crippen molar-refractivity contribution in [2.75, 3.05) is 6.61 Å². The SMILES string of the molecule is O=C(COc1ccccc1[N+](=O)[O-])NC(c1ccccc1)c1ccc2nc(C(F)(F)F)[nH]c2c1. The maximum Gasteiger partial charge on any atom is 0.449 e. The normalized spacial score (nSPS) is 12.3. The number of imidazole rings is 1. The number of fused-ring (bicyclic) bond motifs is 1. The molecule has 3 aromatic carbocycles. The summed E-state index contributed by atoms with van der Waals surface area (Å²) in [6, 6.07) is 18.2. The summed E-state index contributed by atoms with van der Waals surface area (Å²) < 4.78 is 44.4. The summed E-state index contributed by atoms with van der Waals surface area (Å²) in [5.74, 6) is -1.75. The highest BCUT2D eigenvalue weighted by atomic mass is 19.4. The number of carbonyl (C=O) groups excluding carboxylic acids is 1. The van der Waals surface area contributed by atoms with Crippen molar-refractivity contribution in [3.05, 3.63) is 99.9 Å². The third-order valence-corrected chi connectivity index (χ3v) is 4.97. The minimum Gasteiger partial charge on any atom is -0.477 e. The lowest BCUT2D eigenvalue weighted by Gasteiger charge is -2.20. The summed E-state index contributed by atoms with van der Waals surface area (Å²) in [4.78, 5) is 29.0. The van der Waals surface area contributed by atoms with E-state index in [0.717, 1.165) is 0 Å². The molecule has 0 aliphatic carbocycles. The number of nitrogens with one attached hydrogen (secondary N) is 2. The molecule has 1 aromatic heterocycles. The first-order chi connectivity index (χ1) is 16.2. The van der Waals surface area contributed by atoms with Crippen molar-refractivity contribution < 1.29 is 27.6 Å². The molecule has 1 unspecified atom stereocenters. The Morgan fingerprint density at radius 2 is 1.76 bits per heavy atom. The number of nitrogens with zero attached hydrogens (tertiary/aromatic N) is 2. The van der Waals surface area contributed by atoms with E-state index in [1.165, 1.54) is 30.3 Å². The quantitative estimate of drug-likeness (QED) is 0.299. The molecule has 4 aromatic rings. The van der Waals surface area contributed by atoms with Gasteiger partial charge in [-0.2, -0.15) is 13.2 Å². The second-order valence-corrected chi connectivity index (χ2v) is 7.28. The molecule has 0 bridgehead atoms. The van der Waals surface area contributed by atoms with Crippen LogP contribution in [0.25, 0.3) is 11.0 Å². The maximum atomic E-state index is 13.0. The van der Waals surface area contributed by atoms with Crippen LogP contribution in [0.3, 0.4) is 0 Å². The number of benzene rings is 3. The highest BCUT2D eigenvalue weighted by Gasteiger charge is 2.34. The molecule has 0 saturated carbocycles. The van der Waals surface area contributed by atoms with Crippen molar-refractivity contribution in [1.29, 1.82) is 0 Å². The van der Waals surface area contributed by atoms with Crippen LogP contribution in [0.4, 0.5) is 18.9 Å². The van der Waals surface area contributed by atoms with E-state index in [0.29, 0.717) is 11.1 Å². The van der Waals surface area contributed by atoms with Crippen molar-refractivity contribution in [3.63, 3.8) is 0 Å². The van der Waals surface area contributed by atoms with Gasteiger partial charge < -0.3 is 15.0 Å². The number of halogens is 3. The number of carbonyl (C=O) groups is 1. The second kappa shape index (κ2) is 9.22. The van der Waals surface area contributed by atoms with Crippen LogP contribution in [-0.4, -0.2) is 27.4 Å². The number of rotatable bonds is 7. The molecule has 0 saturated heterocycles. The molecular weight excluding hydrogens is 453 g/mol. The van der Waals surface area contributed by atoms with Crippen molar-refractivity contribution in [2.45, 2.75) is 12.2 Å². The van der Waals surface area contributed by atoms with Gasteiger partial charge in [-0.3, -0.25) is 14.9 Å². The molecule has 11 heteroatoms. The Morgan fingerprint density at radius 1 is 1.06 bits per heavy atom. The van der Waals surface area contributed by atoms with E-state index in [1.807, 2.05) is 0 Å². The zero-order valence-electron chi connectivity index (χ0n) is 17.4. The van der Waals surface area contributed by atoms with Gasteiger partial charge >= 0.3 is 11.9 Å². The highest BCUT2D eigenvalue weighted by molar-refractivity contribution is 5.80. The van der Waals surface area contributed by atoms with Crippen molar-refractivity contribution in [2.24, 2.45) is 0 Å². The van der Waals surface area contributed by atoms with Gasteiger partial charge in [0.1, 0.15) is 0 Å². The third-order valence-electron chi connectivity index (χ3n) is 4.97. The molecule has 8 nitrogen and oxygen atoms in total. The van der Waals surface area contributed by atoms with Crippen LogP contribution in [0.2, 0.25) is 0 Å². The lowest BCUT2D eigenvalue weighted by molar-refractivity contribution is -0.385. The van der Waals surface area contributed by atoms with Gasteiger partial charge in [0, 0.05) is 6.07 Å². The molecule has 174 valence electrons. The molecule has 4 rings (SSSR count). The Bertz CT molecular complexity index is 1340. The lowest BCUT2D eigenvalue weighted by Crippen LogP contribution is -2.33. The fraction of sp³-hybridized carbons (Fsp3) is 0.130.